The minimum Gasteiger partial charge on any atom is -0.464 e. The van der Waals surface area contributed by atoms with Gasteiger partial charge in [0.25, 0.3) is 0 Å². The van der Waals surface area contributed by atoms with Gasteiger partial charge in [-0.15, -0.1) is 0 Å². The van der Waals surface area contributed by atoms with Gasteiger partial charge in [0.2, 0.25) is 5.91 Å². The van der Waals surface area contributed by atoms with Crippen molar-refractivity contribution in [2.45, 2.75) is 32.6 Å². The number of rotatable bonds is 4. The highest BCUT2D eigenvalue weighted by Gasteiger charge is 2.25. The molecule has 0 radical (unpaired) electrons. The van der Waals surface area contributed by atoms with Gasteiger partial charge in [-0.3, -0.25) is 9.78 Å². The van der Waals surface area contributed by atoms with Crippen LogP contribution >= 0.6 is 0 Å². The van der Waals surface area contributed by atoms with Crippen molar-refractivity contribution in [2.75, 3.05) is 19.1 Å². The second-order valence-corrected chi connectivity index (χ2v) is 9.19. The fraction of sp³-hybridized carbons (Fsp3) is 0.241. The maximum absolute atomic E-state index is 12.4. The lowest BCUT2D eigenvalue weighted by Crippen LogP contribution is -2.31. The van der Waals surface area contributed by atoms with Gasteiger partial charge < -0.3 is 9.64 Å². The molecule has 0 atom stereocenters. The number of carbonyl (C=O) groups is 2. The molecule has 6 heteroatoms. The SMILES string of the molecule is COC(=O)c1ccc(-c2cc3cccc(-c4cc(C(C)C)c5c(c4)N(C)C(=O)CC5)c3cn2)cn1. The third-order valence-corrected chi connectivity index (χ3v) is 6.74. The molecule has 0 N–H and O–H groups in total. The van der Waals surface area contributed by atoms with Crippen LogP contribution in [-0.4, -0.2) is 36.0 Å². The van der Waals surface area contributed by atoms with Gasteiger partial charge in [-0.25, -0.2) is 9.78 Å². The third kappa shape index (κ3) is 4.05. The van der Waals surface area contributed by atoms with E-state index < -0.39 is 5.97 Å². The minimum atomic E-state index is -0.467. The second kappa shape index (κ2) is 8.95. The Hall–Kier alpha value is -4.06. The summed E-state index contributed by atoms with van der Waals surface area (Å²) >= 11 is 0. The molecule has 0 unspecified atom stereocenters. The van der Waals surface area contributed by atoms with E-state index in [2.05, 4.69) is 43.1 Å². The Kier molecular flexibility index (Phi) is 5.81. The van der Waals surface area contributed by atoms with Crippen LogP contribution < -0.4 is 4.90 Å². The number of pyridine rings is 2. The van der Waals surface area contributed by atoms with E-state index >= 15 is 0 Å². The highest BCUT2D eigenvalue weighted by Crippen LogP contribution is 2.39. The molecule has 4 aromatic rings. The van der Waals surface area contributed by atoms with Gasteiger partial charge in [0.1, 0.15) is 5.69 Å². The van der Waals surface area contributed by atoms with Gasteiger partial charge in [0.15, 0.2) is 0 Å². The number of hydrogen-bond donors (Lipinski definition) is 0. The topological polar surface area (TPSA) is 72.4 Å². The van der Waals surface area contributed by atoms with Crippen LogP contribution in [0.15, 0.2) is 60.9 Å². The Balaban J connectivity index is 1.60. The normalized spacial score (nSPS) is 13.3. The second-order valence-electron chi connectivity index (χ2n) is 9.19. The number of aromatic nitrogens is 2. The molecule has 0 saturated heterocycles. The van der Waals surface area contributed by atoms with Crippen LogP contribution in [0.25, 0.3) is 33.2 Å². The van der Waals surface area contributed by atoms with E-state index in [0.717, 1.165) is 45.3 Å². The van der Waals surface area contributed by atoms with Crippen molar-refractivity contribution in [1.82, 2.24) is 9.97 Å². The number of hydrogen-bond acceptors (Lipinski definition) is 5. The van der Waals surface area contributed by atoms with E-state index in [1.807, 2.05) is 31.4 Å². The Bertz CT molecular complexity index is 1460. The molecule has 35 heavy (non-hydrogen) atoms. The minimum absolute atomic E-state index is 0.153. The maximum Gasteiger partial charge on any atom is 0.356 e. The first-order valence-electron chi connectivity index (χ1n) is 11.7. The maximum atomic E-state index is 12.4. The number of fused-ring (bicyclic) bond motifs is 2. The van der Waals surface area contributed by atoms with Crippen LogP contribution in [0.4, 0.5) is 5.69 Å². The Labute approximate surface area is 204 Å². The average molecular weight is 466 g/mol. The summed E-state index contributed by atoms with van der Waals surface area (Å²) in [6.07, 6.45) is 4.86. The van der Waals surface area contributed by atoms with Crippen LogP contribution in [0.2, 0.25) is 0 Å². The first-order valence-corrected chi connectivity index (χ1v) is 11.7. The smallest absolute Gasteiger partial charge is 0.356 e. The summed E-state index contributed by atoms with van der Waals surface area (Å²) in [6.45, 7) is 4.40. The Morgan fingerprint density at radius 1 is 1.00 bits per heavy atom. The predicted octanol–water partition coefficient (Wildman–Crippen LogP) is 5.78. The van der Waals surface area contributed by atoms with Gasteiger partial charge in [-0.1, -0.05) is 38.1 Å². The first-order chi connectivity index (χ1) is 16.9. The van der Waals surface area contributed by atoms with Crippen molar-refractivity contribution >= 4 is 28.3 Å². The van der Waals surface area contributed by atoms with Crippen LogP contribution in [0.1, 0.15) is 47.8 Å². The summed E-state index contributed by atoms with van der Waals surface area (Å²) < 4.78 is 4.73. The summed E-state index contributed by atoms with van der Waals surface area (Å²) in [5.74, 6) is 0.0386. The molecule has 3 heterocycles. The fourth-order valence-electron chi connectivity index (χ4n) is 4.81. The van der Waals surface area contributed by atoms with Crippen molar-refractivity contribution in [3.63, 3.8) is 0 Å². The number of methoxy groups -OCH3 is 1. The highest BCUT2D eigenvalue weighted by atomic mass is 16.5. The zero-order valence-electron chi connectivity index (χ0n) is 20.3. The first kappa shape index (κ1) is 22.7. The molecule has 1 aliphatic heterocycles. The summed E-state index contributed by atoms with van der Waals surface area (Å²) in [5.41, 5.74) is 7.58. The molecule has 5 rings (SSSR count). The molecule has 176 valence electrons. The summed E-state index contributed by atoms with van der Waals surface area (Å²) in [4.78, 5) is 34.8. The molecular weight excluding hydrogens is 438 g/mol. The van der Waals surface area contributed by atoms with E-state index in [9.17, 15) is 9.59 Å². The molecular formula is C29H27N3O3. The molecule has 0 saturated carbocycles. The average Bonchev–Trinajstić information content (AvgIpc) is 2.89. The van der Waals surface area contributed by atoms with Gasteiger partial charge in [0, 0.05) is 42.5 Å². The number of carbonyl (C=O) groups excluding carboxylic acids is 2. The van der Waals surface area contributed by atoms with Crippen molar-refractivity contribution in [3.8, 4) is 22.4 Å². The monoisotopic (exact) mass is 465 g/mol. The largest absolute Gasteiger partial charge is 0.464 e. The molecule has 1 aliphatic rings. The molecule has 0 spiro atoms. The summed E-state index contributed by atoms with van der Waals surface area (Å²) in [6, 6.07) is 16.1. The van der Waals surface area contributed by atoms with Crippen molar-refractivity contribution in [2.24, 2.45) is 0 Å². The quantitative estimate of drug-likeness (QED) is 0.357. The van der Waals surface area contributed by atoms with Gasteiger partial charge in [-0.2, -0.15) is 0 Å². The van der Waals surface area contributed by atoms with E-state index in [4.69, 9.17) is 9.72 Å². The predicted molar refractivity (Wildman–Crippen MR) is 138 cm³/mol. The summed E-state index contributed by atoms with van der Waals surface area (Å²) in [7, 11) is 3.20. The van der Waals surface area contributed by atoms with Crippen LogP contribution in [0.5, 0.6) is 0 Å². The Morgan fingerprint density at radius 2 is 1.83 bits per heavy atom. The van der Waals surface area contributed by atoms with E-state index in [0.29, 0.717) is 12.3 Å². The molecule has 0 aliphatic carbocycles. The highest BCUT2D eigenvalue weighted by molar-refractivity contribution is 6.01. The molecule has 1 amide bonds. The number of esters is 1. The number of amides is 1. The fourth-order valence-corrected chi connectivity index (χ4v) is 4.81. The Morgan fingerprint density at radius 3 is 2.54 bits per heavy atom. The molecule has 0 bridgehead atoms. The number of anilines is 1. The van der Waals surface area contributed by atoms with Gasteiger partial charge in [-0.05, 0) is 64.2 Å². The standard InChI is InChI=1S/C29H27N3O3/c1-17(2)23-12-20(14-27-22(23)9-11-28(33)32(27)3)21-7-5-6-18-13-26(31-16-24(18)21)19-8-10-25(30-15-19)29(34)35-4/h5-8,10,12-17H,9,11H2,1-4H3. The van der Waals surface area contributed by atoms with E-state index in [-0.39, 0.29) is 11.6 Å². The van der Waals surface area contributed by atoms with Gasteiger partial charge >= 0.3 is 5.97 Å². The summed E-state index contributed by atoms with van der Waals surface area (Å²) in [5, 5.41) is 2.09. The van der Waals surface area contributed by atoms with Crippen molar-refractivity contribution < 1.29 is 14.3 Å². The van der Waals surface area contributed by atoms with E-state index in [1.54, 1.807) is 17.2 Å². The number of benzene rings is 2. The molecule has 0 fully saturated rings. The molecule has 6 nitrogen and oxygen atoms in total. The lowest BCUT2D eigenvalue weighted by molar-refractivity contribution is -0.118. The van der Waals surface area contributed by atoms with Crippen molar-refractivity contribution in [3.05, 3.63) is 77.7 Å². The van der Waals surface area contributed by atoms with E-state index in [1.165, 1.54) is 18.2 Å². The number of ether oxygens (including phenoxy) is 1. The zero-order valence-corrected chi connectivity index (χ0v) is 20.3. The van der Waals surface area contributed by atoms with Crippen LogP contribution in [0.3, 0.4) is 0 Å². The van der Waals surface area contributed by atoms with Crippen LogP contribution in [0, 0.1) is 0 Å². The van der Waals surface area contributed by atoms with Gasteiger partial charge in [0.05, 0.1) is 12.8 Å². The van der Waals surface area contributed by atoms with Crippen molar-refractivity contribution in [1.29, 1.82) is 0 Å². The molecule has 2 aromatic carbocycles. The van der Waals surface area contributed by atoms with Crippen LogP contribution in [-0.2, 0) is 16.0 Å². The zero-order chi connectivity index (χ0) is 24.7. The lowest BCUT2D eigenvalue weighted by Gasteiger charge is -2.29. The number of nitrogens with zero attached hydrogens (tertiary/aromatic N) is 3. The third-order valence-electron chi connectivity index (χ3n) is 6.74. The lowest BCUT2D eigenvalue weighted by atomic mass is 9.86. The molecule has 2 aromatic heterocycles.